The van der Waals surface area contributed by atoms with Crippen molar-refractivity contribution in [2.45, 2.75) is 40.0 Å². The monoisotopic (exact) mass is 269 g/mol. The number of carbonyl (C=O) groups excluding carboxylic acids is 1. The van der Waals surface area contributed by atoms with Gasteiger partial charge in [-0.25, -0.2) is 0 Å². The van der Waals surface area contributed by atoms with Gasteiger partial charge in [-0.05, 0) is 44.2 Å². The average Bonchev–Trinajstić information content (AvgIpc) is 2.32. The van der Waals surface area contributed by atoms with Crippen molar-refractivity contribution < 1.29 is 4.79 Å². The zero-order chi connectivity index (χ0) is 14.5. The number of nitrogens with one attached hydrogen (secondary N) is 1. The molecular weight excluding hydrogens is 238 g/mol. The first-order chi connectivity index (χ1) is 8.81. The molecule has 2 unspecified atom stereocenters. The topological polar surface area (TPSA) is 58.4 Å². The molecule has 1 saturated heterocycles. The second-order valence-corrected chi connectivity index (χ2v) is 7.21. The van der Waals surface area contributed by atoms with E-state index in [9.17, 15) is 4.79 Å². The molecule has 4 nitrogen and oxygen atoms in total. The van der Waals surface area contributed by atoms with Crippen LogP contribution in [0.15, 0.2) is 0 Å². The first-order valence-corrected chi connectivity index (χ1v) is 7.48. The molecule has 3 N–H and O–H groups in total. The Bertz CT molecular complexity index is 286. The van der Waals surface area contributed by atoms with E-state index in [1.54, 1.807) is 0 Å². The number of piperidine rings is 1. The molecule has 0 bridgehead atoms. The molecule has 1 aliphatic rings. The molecule has 1 aliphatic heterocycles. The summed E-state index contributed by atoms with van der Waals surface area (Å²) in [6.07, 6.45) is 3.30. The van der Waals surface area contributed by atoms with E-state index in [4.69, 9.17) is 5.73 Å². The second-order valence-electron chi connectivity index (χ2n) is 7.21. The molecule has 0 aliphatic carbocycles. The van der Waals surface area contributed by atoms with Gasteiger partial charge in [0.15, 0.2) is 0 Å². The lowest BCUT2D eigenvalue weighted by atomic mass is 9.84. The predicted octanol–water partition coefficient (Wildman–Crippen LogP) is 1.46. The lowest BCUT2D eigenvalue weighted by Gasteiger charge is -2.30. The van der Waals surface area contributed by atoms with E-state index in [1.165, 1.54) is 19.4 Å². The number of likely N-dealkylation sites (tertiary alicyclic amines) is 1. The van der Waals surface area contributed by atoms with Crippen LogP contribution in [0.4, 0.5) is 0 Å². The highest BCUT2D eigenvalue weighted by atomic mass is 16.1. The van der Waals surface area contributed by atoms with Crippen LogP contribution >= 0.6 is 0 Å². The van der Waals surface area contributed by atoms with Gasteiger partial charge in [0.1, 0.15) is 0 Å². The summed E-state index contributed by atoms with van der Waals surface area (Å²) in [7, 11) is 2.15. The van der Waals surface area contributed by atoms with Crippen LogP contribution in [0.3, 0.4) is 0 Å². The van der Waals surface area contributed by atoms with Gasteiger partial charge in [-0.3, -0.25) is 4.79 Å². The van der Waals surface area contributed by atoms with Gasteiger partial charge in [-0.2, -0.15) is 0 Å². The highest BCUT2D eigenvalue weighted by molar-refractivity contribution is 5.78. The van der Waals surface area contributed by atoms with Gasteiger partial charge in [-0.15, -0.1) is 0 Å². The maximum absolute atomic E-state index is 12.2. The molecule has 19 heavy (non-hydrogen) atoms. The summed E-state index contributed by atoms with van der Waals surface area (Å²) in [5.74, 6) is 0.669. The second kappa shape index (κ2) is 7.25. The molecule has 0 aromatic rings. The maximum atomic E-state index is 12.2. The van der Waals surface area contributed by atoms with Crippen molar-refractivity contribution in [1.82, 2.24) is 10.2 Å². The van der Waals surface area contributed by atoms with Crippen LogP contribution in [0.2, 0.25) is 0 Å². The lowest BCUT2D eigenvalue weighted by Crippen LogP contribution is -2.42. The molecule has 1 heterocycles. The van der Waals surface area contributed by atoms with Crippen molar-refractivity contribution in [3.05, 3.63) is 0 Å². The molecule has 0 spiro atoms. The largest absolute Gasteiger partial charge is 0.355 e. The minimum Gasteiger partial charge on any atom is -0.355 e. The van der Waals surface area contributed by atoms with Crippen LogP contribution in [0.1, 0.15) is 40.0 Å². The van der Waals surface area contributed by atoms with Crippen molar-refractivity contribution in [3.63, 3.8) is 0 Å². The molecule has 0 aromatic carbocycles. The molecule has 4 heteroatoms. The smallest absolute Gasteiger partial charge is 0.224 e. The van der Waals surface area contributed by atoms with E-state index in [-0.39, 0.29) is 17.2 Å². The number of hydrogen-bond acceptors (Lipinski definition) is 3. The normalized spacial score (nSPS) is 23.1. The summed E-state index contributed by atoms with van der Waals surface area (Å²) in [6.45, 7) is 9.96. The Morgan fingerprint density at radius 3 is 2.68 bits per heavy atom. The first-order valence-electron chi connectivity index (χ1n) is 7.48. The minimum absolute atomic E-state index is 0.0543. The zero-order valence-corrected chi connectivity index (χ0v) is 13.0. The van der Waals surface area contributed by atoms with Crippen LogP contribution in [-0.4, -0.2) is 44.0 Å². The minimum atomic E-state index is -0.0543. The zero-order valence-electron chi connectivity index (χ0n) is 13.0. The van der Waals surface area contributed by atoms with Gasteiger partial charge in [0.25, 0.3) is 0 Å². The van der Waals surface area contributed by atoms with E-state index in [0.717, 1.165) is 19.5 Å². The van der Waals surface area contributed by atoms with Crippen LogP contribution in [0.5, 0.6) is 0 Å². The van der Waals surface area contributed by atoms with Crippen LogP contribution in [0.25, 0.3) is 0 Å². The molecule has 0 saturated carbocycles. The standard InChI is InChI=1S/C15H31N3O/c1-15(2,3)8-13(9-16)14(19)17-10-12-6-5-7-18(4)11-12/h12-13H,5-11,16H2,1-4H3,(H,17,19). The number of amides is 1. The fourth-order valence-electron chi connectivity index (χ4n) is 2.85. The Hall–Kier alpha value is -0.610. The Balaban J connectivity index is 2.36. The fourth-order valence-corrected chi connectivity index (χ4v) is 2.85. The predicted molar refractivity (Wildman–Crippen MR) is 79.8 cm³/mol. The maximum Gasteiger partial charge on any atom is 0.224 e. The number of carbonyl (C=O) groups is 1. The van der Waals surface area contributed by atoms with Gasteiger partial charge < -0.3 is 16.0 Å². The molecule has 1 amide bonds. The van der Waals surface area contributed by atoms with E-state index >= 15 is 0 Å². The van der Waals surface area contributed by atoms with Crippen LogP contribution < -0.4 is 11.1 Å². The van der Waals surface area contributed by atoms with E-state index in [2.05, 4.69) is 38.0 Å². The third kappa shape index (κ3) is 6.39. The lowest BCUT2D eigenvalue weighted by molar-refractivity contribution is -0.125. The summed E-state index contributed by atoms with van der Waals surface area (Å²) in [6, 6.07) is 0. The van der Waals surface area contributed by atoms with Gasteiger partial charge in [-0.1, -0.05) is 20.8 Å². The molecular formula is C15H31N3O. The Labute approximate surface area is 118 Å². The summed E-state index contributed by atoms with van der Waals surface area (Å²) in [5.41, 5.74) is 5.89. The van der Waals surface area contributed by atoms with Crippen molar-refractivity contribution >= 4 is 5.91 Å². The fraction of sp³-hybridized carbons (Fsp3) is 0.933. The van der Waals surface area contributed by atoms with Gasteiger partial charge in [0.05, 0.1) is 5.92 Å². The highest BCUT2D eigenvalue weighted by Crippen LogP contribution is 2.24. The number of hydrogen-bond donors (Lipinski definition) is 2. The quantitative estimate of drug-likeness (QED) is 0.794. The van der Waals surface area contributed by atoms with Gasteiger partial charge in [0.2, 0.25) is 5.91 Å². The van der Waals surface area contributed by atoms with E-state index < -0.39 is 0 Å². The van der Waals surface area contributed by atoms with Crippen LogP contribution in [-0.2, 0) is 4.79 Å². The Morgan fingerprint density at radius 2 is 2.16 bits per heavy atom. The molecule has 0 radical (unpaired) electrons. The van der Waals surface area contributed by atoms with Crippen LogP contribution in [0, 0.1) is 17.3 Å². The van der Waals surface area contributed by atoms with Crippen molar-refractivity contribution in [3.8, 4) is 0 Å². The Morgan fingerprint density at radius 1 is 1.47 bits per heavy atom. The van der Waals surface area contributed by atoms with Gasteiger partial charge in [0, 0.05) is 19.6 Å². The van der Waals surface area contributed by atoms with Crippen molar-refractivity contribution in [2.75, 3.05) is 33.2 Å². The molecule has 0 aromatic heterocycles. The first kappa shape index (κ1) is 16.4. The van der Waals surface area contributed by atoms with Crippen molar-refractivity contribution in [1.29, 1.82) is 0 Å². The highest BCUT2D eigenvalue weighted by Gasteiger charge is 2.25. The van der Waals surface area contributed by atoms with Gasteiger partial charge >= 0.3 is 0 Å². The molecule has 1 rings (SSSR count). The summed E-state index contributed by atoms with van der Waals surface area (Å²) in [5, 5.41) is 3.10. The summed E-state index contributed by atoms with van der Waals surface area (Å²) >= 11 is 0. The van der Waals surface area contributed by atoms with E-state index in [0.29, 0.717) is 12.5 Å². The number of nitrogens with two attached hydrogens (primary N) is 1. The number of nitrogens with zero attached hydrogens (tertiary/aromatic N) is 1. The summed E-state index contributed by atoms with van der Waals surface area (Å²) in [4.78, 5) is 14.5. The SMILES string of the molecule is CN1CCCC(CNC(=O)C(CN)CC(C)(C)C)C1. The summed E-state index contributed by atoms with van der Waals surface area (Å²) < 4.78 is 0. The molecule has 1 fully saturated rings. The molecule has 2 atom stereocenters. The third-order valence-corrected chi connectivity index (χ3v) is 3.80. The number of rotatable bonds is 5. The molecule has 112 valence electrons. The van der Waals surface area contributed by atoms with Crippen molar-refractivity contribution in [2.24, 2.45) is 23.0 Å². The Kier molecular flexibility index (Phi) is 6.27. The average molecular weight is 269 g/mol. The third-order valence-electron chi connectivity index (χ3n) is 3.80. The van der Waals surface area contributed by atoms with E-state index in [1.807, 2.05) is 0 Å².